The van der Waals surface area contributed by atoms with E-state index in [1.165, 1.54) is 0 Å². The first-order valence-electron chi connectivity index (χ1n) is 4.96. The molecule has 0 heterocycles. The number of rotatable bonds is 5. The van der Waals surface area contributed by atoms with E-state index >= 15 is 0 Å². The van der Waals surface area contributed by atoms with Crippen LogP contribution in [0.5, 0.6) is 0 Å². The van der Waals surface area contributed by atoms with Crippen LogP contribution in [0.15, 0.2) is 37.4 Å². The second-order valence-corrected chi connectivity index (χ2v) is 3.26. The molecule has 0 aliphatic carbocycles. The van der Waals surface area contributed by atoms with Gasteiger partial charge in [-0.2, -0.15) is 0 Å². The fourth-order valence-corrected chi connectivity index (χ4v) is 1.28. The molecule has 0 aliphatic rings. The minimum absolute atomic E-state index is 0.0341. The van der Waals surface area contributed by atoms with Crippen LogP contribution >= 0.6 is 0 Å². The lowest BCUT2D eigenvalue weighted by Gasteiger charge is -2.11. The van der Waals surface area contributed by atoms with Crippen LogP contribution in [0.25, 0.3) is 11.5 Å². The molecule has 0 aromatic heterocycles. The van der Waals surface area contributed by atoms with Gasteiger partial charge >= 0.3 is 0 Å². The first-order valence-corrected chi connectivity index (χ1v) is 4.96. The third-order valence-corrected chi connectivity index (χ3v) is 2.02. The van der Waals surface area contributed by atoms with E-state index in [0.717, 1.165) is 12.0 Å². The van der Waals surface area contributed by atoms with E-state index in [0.29, 0.717) is 17.9 Å². The van der Waals surface area contributed by atoms with Crippen LogP contribution in [0.1, 0.15) is 24.5 Å². The fraction of sp³-hybridized carbons (Fsp3) is 0.231. The predicted octanol–water partition coefficient (Wildman–Crippen LogP) is 3.61. The number of hydrogen-bond donors (Lipinski definition) is 1. The molecule has 2 nitrogen and oxygen atoms in total. The summed E-state index contributed by atoms with van der Waals surface area (Å²) in [6.45, 7) is 10.0. The van der Waals surface area contributed by atoms with E-state index in [-0.39, 0.29) is 5.76 Å². The summed E-state index contributed by atoms with van der Waals surface area (Å²) in [5, 5.41) is 9.39. The van der Waals surface area contributed by atoms with E-state index in [1.807, 2.05) is 25.1 Å². The minimum atomic E-state index is 0.0341. The molecule has 0 spiro atoms. The smallest absolute Gasteiger partial charge is 0.120 e. The maximum absolute atomic E-state index is 9.39. The minimum Gasteiger partial charge on any atom is -0.508 e. The zero-order chi connectivity index (χ0) is 11.3. The molecule has 80 valence electrons. The molecule has 1 aromatic carbocycles. The van der Waals surface area contributed by atoms with Gasteiger partial charge in [-0.25, -0.2) is 0 Å². The summed E-state index contributed by atoms with van der Waals surface area (Å²) in [5.41, 5.74) is 1.46. The number of ether oxygens (including phenoxy) is 1. The van der Waals surface area contributed by atoms with Gasteiger partial charge in [0.1, 0.15) is 11.5 Å². The zero-order valence-electron chi connectivity index (χ0n) is 8.99. The second kappa shape index (κ2) is 5.25. The van der Waals surface area contributed by atoms with E-state index in [4.69, 9.17) is 4.74 Å². The van der Waals surface area contributed by atoms with Crippen LogP contribution in [-0.4, -0.2) is 11.7 Å². The summed E-state index contributed by atoms with van der Waals surface area (Å²) in [5.74, 6) is 0.606. The Morgan fingerprint density at radius 2 is 1.87 bits per heavy atom. The second-order valence-electron chi connectivity index (χ2n) is 3.26. The van der Waals surface area contributed by atoms with Crippen molar-refractivity contribution < 1.29 is 9.84 Å². The van der Waals surface area contributed by atoms with Crippen LogP contribution in [0.4, 0.5) is 0 Å². The standard InChI is InChI=1S/C13H16O2/c1-4-9-15-11(3)13-8-6-5-7-12(13)10(2)14/h5-8,14H,2-4,9H2,1H3. The zero-order valence-corrected chi connectivity index (χ0v) is 8.99. The molecular formula is C13H16O2. The Balaban J connectivity index is 2.92. The van der Waals surface area contributed by atoms with Gasteiger partial charge in [0.2, 0.25) is 0 Å². The van der Waals surface area contributed by atoms with Crippen molar-refractivity contribution in [2.24, 2.45) is 0 Å². The molecule has 0 bridgehead atoms. The van der Waals surface area contributed by atoms with Crippen molar-refractivity contribution in [2.45, 2.75) is 13.3 Å². The fourth-order valence-electron chi connectivity index (χ4n) is 1.28. The third-order valence-electron chi connectivity index (χ3n) is 2.02. The van der Waals surface area contributed by atoms with Gasteiger partial charge in [-0.05, 0) is 6.42 Å². The van der Waals surface area contributed by atoms with Crippen molar-refractivity contribution >= 4 is 11.5 Å². The molecule has 0 radical (unpaired) electrons. The lowest BCUT2D eigenvalue weighted by atomic mass is 10.1. The van der Waals surface area contributed by atoms with Gasteiger partial charge in [0.25, 0.3) is 0 Å². The lowest BCUT2D eigenvalue weighted by molar-refractivity contribution is 0.278. The number of aliphatic hydroxyl groups excluding tert-OH is 1. The Morgan fingerprint density at radius 3 is 2.40 bits per heavy atom. The molecular weight excluding hydrogens is 188 g/mol. The van der Waals surface area contributed by atoms with Crippen LogP contribution < -0.4 is 0 Å². The Morgan fingerprint density at radius 1 is 1.27 bits per heavy atom. The summed E-state index contributed by atoms with van der Waals surface area (Å²) in [7, 11) is 0. The molecule has 15 heavy (non-hydrogen) atoms. The van der Waals surface area contributed by atoms with Gasteiger partial charge in [-0.3, -0.25) is 0 Å². The number of hydrogen-bond acceptors (Lipinski definition) is 2. The highest BCUT2D eigenvalue weighted by Gasteiger charge is 2.07. The van der Waals surface area contributed by atoms with E-state index in [9.17, 15) is 5.11 Å². The van der Waals surface area contributed by atoms with Crippen molar-refractivity contribution in [3.63, 3.8) is 0 Å². The summed E-state index contributed by atoms with van der Waals surface area (Å²) in [6, 6.07) is 7.36. The number of benzene rings is 1. The molecule has 0 aliphatic heterocycles. The van der Waals surface area contributed by atoms with Gasteiger partial charge in [-0.15, -0.1) is 0 Å². The molecule has 2 heteroatoms. The molecule has 0 fully saturated rings. The van der Waals surface area contributed by atoms with Crippen LogP contribution in [-0.2, 0) is 4.74 Å². The normalized spacial score (nSPS) is 9.67. The van der Waals surface area contributed by atoms with Crippen molar-refractivity contribution in [1.29, 1.82) is 0 Å². The maximum atomic E-state index is 9.39. The van der Waals surface area contributed by atoms with Crippen LogP contribution in [0, 0.1) is 0 Å². The summed E-state index contributed by atoms with van der Waals surface area (Å²) in [4.78, 5) is 0. The molecule has 0 amide bonds. The largest absolute Gasteiger partial charge is 0.508 e. The summed E-state index contributed by atoms with van der Waals surface area (Å²) in [6.07, 6.45) is 0.932. The Labute approximate surface area is 90.5 Å². The van der Waals surface area contributed by atoms with Crippen molar-refractivity contribution in [3.05, 3.63) is 48.6 Å². The molecule has 1 rings (SSSR count). The van der Waals surface area contributed by atoms with Crippen molar-refractivity contribution in [2.75, 3.05) is 6.61 Å². The van der Waals surface area contributed by atoms with Gasteiger partial charge in [0, 0.05) is 11.1 Å². The highest BCUT2D eigenvalue weighted by atomic mass is 16.5. The first kappa shape index (κ1) is 11.4. The van der Waals surface area contributed by atoms with E-state index in [2.05, 4.69) is 13.2 Å². The van der Waals surface area contributed by atoms with Crippen molar-refractivity contribution in [1.82, 2.24) is 0 Å². The Kier molecular flexibility index (Phi) is 3.98. The van der Waals surface area contributed by atoms with Gasteiger partial charge < -0.3 is 9.84 Å². The van der Waals surface area contributed by atoms with E-state index < -0.39 is 0 Å². The average molecular weight is 204 g/mol. The SMILES string of the molecule is C=C(O)c1ccccc1C(=C)OCCC. The maximum Gasteiger partial charge on any atom is 0.120 e. The van der Waals surface area contributed by atoms with Gasteiger partial charge in [-0.1, -0.05) is 44.3 Å². The molecule has 1 aromatic rings. The monoisotopic (exact) mass is 204 g/mol. The highest BCUT2D eigenvalue weighted by Crippen LogP contribution is 2.22. The predicted molar refractivity (Wildman–Crippen MR) is 63.4 cm³/mol. The molecule has 0 unspecified atom stereocenters. The highest BCUT2D eigenvalue weighted by molar-refractivity contribution is 5.72. The molecule has 1 N–H and O–H groups in total. The average Bonchev–Trinajstić information content (AvgIpc) is 2.25. The third kappa shape index (κ3) is 2.88. The van der Waals surface area contributed by atoms with Crippen molar-refractivity contribution in [3.8, 4) is 0 Å². The van der Waals surface area contributed by atoms with Crippen LogP contribution in [0.3, 0.4) is 0 Å². The lowest BCUT2D eigenvalue weighted by Crippen LogP contribution is -1.96. The first-order chi connectivity index (χ1) is 7.16. The topological polar surface area (TPSA) is 29.5 Å². The summed E-state index contributed by atoms with van der Waals surface area (Å²) >= 11 is 0. The Hall–Kier alpha value is -1.70. The molecule has 0 saturated carbocycles. The van der Waals surface area contributed by atoms with Crippen LogP contribution in [0.2, 0.25) is 0 Å². The van der Waals surface area contributed by atoms with Gasteiger partial charge in [0.15, 0.2) is 0 Å². The molecule has 0 atom stereocenters. The quantitative estimate of drug-likeness (QED) is 0.742. The molecule has 0 saturated heterocycles. The Bertz CT molecular complexity index is 367. The van der Waals surface area contributed by atoms with E-state index in [1.54, 1.807) is 6.07 Å². The van der Waals surface area contributed by atoms with Gasteiger partial charge in [0.05, 0.1) is 6.61 Å². The summed E-state index contributed by atoms with van der Waals surface area (Å²) < 4.78 is 5.42. The number of aliphatic hydroxyl groups is 1.